The first kappa shape index (κ1) is 24.0. The molecule has 2 aliphatic rings. The van der Waals surface area contributed by atoms with Gasteiger partial charge in [0.15, 0.2) is 5.82 Å². The van der Waals surface area contributed by atoms with Crippen LogP contribution in [-0.2, 0) is 4.79 Å². The molecule has 0 spiro atoms. The Hall–Kier alpha value is -3.68. The number of anilines is 1. The molecule has 0 unspecified atom stereocenters. The Labute approximate surface area is 211 Å². The second kappa shape index (κ2) is 9.76. The van der Waals surface area contributed by atoms with Gasteiger partial charge in [-0.15, -0.1) is 0 Å². The molecule has 5 rings (SSSR count). The van der Waals surface area contributed by atoms with E-state index in [0.29, 0.717) is 22.8 Å². The number of amides is 1. The molecule has 188 valence electrons. The highest BCUT2D eigenvalue weighted by Crippen LogP contribution is 2.51. The number of nitrogens with zero attached hydrogens (tertiary/aromatic N) is 3. The van der Waals surface area contributed by atoms with E-state index in [9.17, 15) is 9.59 Å². The van der Waals surface area contributed by atoms with Crippen LogP contribution in [0, 0.1) is 11.3 Å². The van der Waals surface area contributed by atoms with Crippen LogP contribution in [0.5, 0.6) is 0 Å². The standard InChI is InChI=1S/C28H33N5O3/c1-28(2)13-21(14-28)26(19-5-7-20(8-6-19)27(36)29-12-11-25(34)35)32-23-9-10-24(30-16-23)33-17-22(15-31-33)18-3-4-18/h5-10,15-18,21,26,32H,3-4,11-14H2,1-2H3,(H,29,36)(H,34,35)/t26-/m1/s1. The lowest BCUT2D eigenvalue weighted by molar-refractivity contribution is -0.136. The van der Waals surface area contributed by atoms with E-state index in [1.54, 1.807) is 12.1 Å². The average molecular weight is 488 g/mol. The fourth-order valence-corrected chi connectivity index (χ4v) is 5.17. The number of rotatable bonds is 10. The minimum Gasteiger partial charge on any atom is -0.481 e. The van der Waals surface area contributed by atoms with Crippen LogP contribution in [0.25, 0.3) is 5.82 Å². The topological polar surface area (TPSA) is 109 Å². The largest absolute Gasteiger partial charge is 0.481 e. The summed E-state index contributed by atoms with van der Waals surface area (Å²) in [7, 11) is 0. The number of carboxylic acids is 1. The van der Waals surface area contributed by atoms with Gasteiger partial charge in [0.25, 0.3) is 5.91 Å². The van der Waals surface area contributed by atoms with E-state index in [1.807, 2.05) is 41.3 Å². The lowest BCUT2D eigenvalue weighted by atomic mass is 9.61. The molecule has 0 bridgehead atoms. The molecule has 3 N–H and O–H groups in total. The maximum absolute atomic E-state index is 12.3. The molecule has 2 heterocycles. The van der Waals surface area contributed by atoms with Crippen LogP contribution < -0.4 is 10.6 Å². The Morgan fingerprint density at radius 2 is 1.86 bits per heavy atom. The summed E-state index contributed by atoms with van der Waals surface area (Å²) in [6.45, 7) is 4.70. The van der Waals surface area contributed by atoms with E-state index in [0.717, 1.165) is 29.9 Å². The molecule has 1 aromatic carbocycles. The zero-order valence-electron chi connectivity index (χ0n) is 20.8. The normalized spacial score (nSPS) is 17.7. The minimum absolute atomic E-state index is 0.0951. The zero-order chi connectivity index (χ0) is 25.3. The number of pyridine rings is 1. The van der Waals surface area contributed by atoms with Crippen molar-refractivity contribution in [2.45, 2.75) is 57.9 Å². The van der Waals surface area contributed by atoms with Gasteiger partial charge in [0.2, 0.25) is 0 Å². The van der Waals surface area contributed by atoms with E-state index < -0.39 is 5.97 Å². The summed E-state index contributed by atoms with van der Waals surface area (Å²) >= 11 is 0. The lowest BCUT2D eigenvalue weighted by Gasteiger charge is -2.47. The molecular formula is C28H33N5O3. The van der Waals surface area contributed by atoms with Crippen molar-refractivity contribution in [3.05, 3.63) is 71.7 Å². The molecule has 2 fully saturated rings. The molecular weight excluding hydrogens is 454 g/mol. The third-order valence-corrected chi connectivity index (χ3v) is 7.21. The quantitative estimate of drug-likeness (QED) is 0.374. The summed E-state index contributed by atoms with van der Waals surface area (Å²) in [6.07, 6.45) is 10.5. The van der Waals surface area contributed by atoms with Gasteiger partial charge >= 0.3 is 5.97 Å². The van der Waals surface area contributed by atoms with Gasteiger partial charge in [-0.2, -0.15) is 5.10 Å². The lowest BCUT2D eigenvalue weighted by Crippen LogP contribution is -2.38. The Bertz CT molecular complexity index is 1220. The number of nitrogens with one attached hydrogen (secondary N) is 2. The van der Waals surface area contributed by atoms with Crippen molar-refractivity contribution >= 4 is 17.6 Å². The number of benzene rings is 1. The van der Waals surface area contributed by atoms with E-state index >= 15 is 0 Å². The fourth-order valence-electron chi connectivity index (χ4n) is 5.17. The van der Waals surface area contributed by atoms with Gasteiger partial charge in [0.1, 0.15) is 0 Å². The third-order valence-electron chi connectivity index (χ3n) is 7.21. The van der Waals surface area contributed by atoms with Crippen molar-refractivity contribution in [1.29, 1.82) is 0 Å². The van der Waals surface area contributed by atoms with Gasteiger partial charge in [-0.05, 0) is 78.3 Å². The molecule has 1 amide bonds. The molecule has 0 saturated heterocycles. The number of aliphatic carboxylic acids is 1. The Morgan fingerprint density at radius 3 is 2.47 bits per heavy atom. The van der Waals surface area contributed by atoms with Gasteiger partial charge in [0.05, 0.1) is 30.5 Å². The average Bonchev–Trinajstić information content (AvgIpc) is 3.58. The highest BCUT2D eigenvalue weighted by molar-refractivity contribution is 5.94. The highest BCUT2D eigenvalue weighted by atomic mass is 16.4. The summed E-state index contributed by atoms with van der Waals surface area (Å²) < 4.78 is 1.84. The van der Waals surface area contributed by atoms with E-state index in [1.165, 1.54) is 18.4 Å². The molecule has 2 aliphatic carbocycles. The van der Waals surface area contributed by atoms with Gasteiger partial charge in [-0.3, -0.25) is 9.59 Å². The van der Waals surface area contributed by atoms with E-state index in [4.69, 9.17) is 5.11 Å². The Balaban J connectivity index is 1.28. The summed E-state index contributed by atoms with van der Waals surface area (Å²) in [5, 5.41) is 19.6. The van der Waals surface area contributed by atoms with Crippen molar-refractivity contribution in [1.82, 2.24) is 20.1 Å². The van der Waals surface area contributed by atoms with Gasteiger partial charge in [0, 0.05) is 18.3 Å². The number of carbonyl (C=O) groups excluding carboxylic acids is 1. The maximum Gasteiger partial charge on any atom is 0.305 e. The molecule has 0 radical (unpaired) electrons. The fraction of sp³-hybridized carbons (Fsp3) is 0.429. The molecule has 8 nitrogen and oxygen atoms in total. The van der Waals surface area contributed by atoms with E-state index in [2.05, 4.69) is 40.8 Å². The van der Waals surface area contributed by atoms with Crippen molar-refractivity contribution in [2.75, 3.05) is 11.9 Å². The Morgan fingerprint density at radius 1 is 1.11 bits per heavy atom. The molecule has 8 heteroatoms. The molecule has 3 aromatic rings. The number of carboxylic acid groups (broad SMARTS) is 1. The third kappa shape index (κ3) is 5.58. The van der Waals surface area contributed by atoms with Gasteiger partial charge in [-0.25, -0.2) is 9.67 Å². The van der Waals surface area contributed by atoms with Crippen molar-refractivity contribution < 1.29 is 14.7 Å². The predicted molar refractivity (Wildman–Crippen MR) is 137 cm³/mol. The first-order chi connectivity index (χ1) is 17.3. The van der Waals surface area contributed by atoms with E-state index in [-0.39, 0.29) is 24.9 Å². The summed E-state index contributed by atoms with van der Waals surface area (Å²) in [6, 6.07) is 11.7. The Kier molecular flexibility index (Phi) is 6.51. The van der Waals surface area contributed by atoms with Crippen molar-refractivity contribution in [2.24, 2.45) is 11.3 Å². The molecule has 36 heavy (non-hydrogen) atoms. The summed E-state index contributed by atoms with van der Waals surface area (Å²) in [5.41, 5.74) is 4.19. The first-order valence-electron chi connectivity index (χ1n) is 12.6. The van der Waals surface area contributed by atoms with Crippen LogP contribution in [0.2, 0.25) is 0 Å². The maximum atomic E-state index is 12.3. The van der Waals surface area contributed by atoms with Gasteiger partial charge < -0.3 is 15.7 Å². The number of hydrogen-bond donors (Lipinski definition) is 3. The number of hydrogen-bond acceptors (Lipinski definition) is 5. The van der Waals surface area contributed by atoms with Gasteiger partial charge in [-0.1, -0.05) is 26.0 Å². The number of carbonyl (C=O) groups is 2. The second-order valence-corrected chi connectivity index (χ2v) is 10.9. The zero-order valence-corrected chi connectivity index (χ0v) is 20.8. The molecule has 2 saturated carbocycles. The minimum atomic E-state index is -0.932. The predicted octanol–water partition coefficient (Wildman–Crippen LogP) is 4.94. The molecule has 2 aromatic heterocycles. The smallest absolute Gasteiger partial charge is 0.305 e. The highest BCUT2D eigenvalue weighted by Gasteiger charge is 2.41. The molecule has 0 aliphatic heterocycles. The molecule has 1 atom stereocenters. The van der Waals surface area contributed by atoms with Crippen molar-refractivity contribution in [3.8, 4) is 5.82 Å². The van der Waals surface area contributed by atoms with Crippen LogP contribution in [0.15, 0.2) is 55.0 Å². The summed E-state index contributed by atoms with van der Waals surface area (Å²) in [5.74, 6) is 0.738. The van der Waals surface area contributed by atoms with Crippen LogP contribution in [0.3, 0.4) is 0 Å². The number of aromatic nitrogens is 3. The summed E-state index contributed by atoms with van der Waals surface area (Å²) in [4.78, 5) is 27.7. The van der Waals surface area contributed by atoms with Crippen LogP contribution in [0.1, 0.15) is 79.4 Å². The first-order valence-corrected chi connectivity index (χ1v) is 12.6. The second-order valence-electron chi connectivity index (χ2n) is 10.9. The van der Waals surface area contributed by atoms with Crippen molar-refractivity contribution in [3.63, 3.8) is 0 Å². The SMILES string of the molecule is CC1(C)CC([C@H](Nc2ccc(-n3cc(C4CC4)cn3)nc2)c2ccc(C(=O)NCCC(=O)O)cc2)C1. The monoisotopic (exact) mass is 487 g/mol. The van der Waals surface area contributed by atoms with Crippen LogP contribution in [-0.4, -0.2) is 38.3 Å². The van der Waals surface area contributed by atoms with Crippen LogP contribution in [0.4, 0.5) is 5.69 Å². The van der Waals surface area contributed by atoms with Crippen LogP contribution >= 0.6 is 0 Å².